The molecule has 0 radical (unpaired) electrons. The minimum atomic E-state index is 0.183. The van der Waals surface area contributed by atoms with Gasteiger partial charge in [-0.25, -0.2) is 0 Å². The van der Waals surface area contributed by atoms with Gasteiger partial charge >= 0.3 is 0 Å². The fourth-order valence-corrected chi connectivity index (χ4v) is 1.88. The number of hydrogen-bond donors (Lipinski definition) is 1. The summed E-state index contributed by atoms with van der Waals surface area (Å²) >= 11 is 0. The molecule has 1 fully saturated rings. The quantitative estimate of drug-likeness (QED) is 0.638. The Kier molecular flexibility index (Phi) is 2.89. The van der Waals surface area contributed by atoms with E-state index < -0.39 is 0 Å². The molecule has 1 saturated carbocycles. The molecule has 2 unspecified atom stereocenters. The van der Waals surface area contributed by atoms with E-state index in [-0.39, 0.29) is 5.54 Å². The van der Waals surface area contributed by atoms with Gasteiger partial charge in [0.1, 0.15) is 6.29 Å². The van der Waals surface area contributed by atoms with Crippen LogP contribution in [-0.2, 0) is 4.79 Å². The van der Waals surface area contributed by atoms with Gasteiger partial charge in [0.2, 0.25) is 0 Å². The van der Waals surface area contributed by atoms with Crippen LogP contribution in [0.4, 0.5) is 0 Å². The summed E-state index contributed by atoms with van der Waals surface area (Å²) in [5.74, 6) is 0.310. The molecule has 1 aliphatic carbocycles. The van der Waals surface area contributed by atoms with Crippen molar-refractivity contribution in [3.63, 3.8) is 0 Å². The first-order chi connectivity index (χ1) is 5.51. The normalized spacial score (nSPS) is 30.6. The second-order valence-corrected chi connectivity index (χ2v) is 4.80. The lowest BCUT2D eigenvalue weighted by atomic mass is 10.1. The molecule has 1 aliphatic rings. The van der Waals surface area contributed by atoms with Gasteiger partial charge in [-0.15, -0.1) is 0 Å². The second kappa shape index (κ2) is 3.56. The molecule has 0 heterocycles. The Morgan fingerprint density at radius 3 is 2.42 bits per heavy atom. The molecule has 0 bridgehead atoms. The molecule has 0 aromatic carbocycles. The lowest BCUT2D eigenvalue weighted by Crippen LogP contribution is -2.42. The summed E-state index contributed by atoms with van der Waals surface area (Å²) in [6.07, 6.45) is 4.35. The topological polar surface area (TPSA) is 29.1 Å². The van der Waals surface area contributed by atoms with Crippen LogP contribution < -0.4 is 5.32 Å². The number of nitrogens with one attached hydrogen (secondary N) is 1. The minimum absolute atomic E-state index is 0.183. The van der Waals surface area contributed by atoms with Crippen LogP contribution in [0.3, 0.4) is 0 Å². The highest BCUT2D eigenvalue weighted by atomic mass is 16.1. The van der Waals surface area contributed by atoms with E-state index in [1.165, 1.54) is 0 Å². The Morgan fingerprint density at radius 1 is 1.33 bits per heavy atom. The van der Waals surface area contributed by atoms with Crippen LogP contribution in [0, 0.1) is 5.92 Å². The Morgan fingerprint density at radius 2 is 2.00 bits per heavy atom. The fraction of sp³-hybridized carbons (Fsp3) is 0.900. The van der Waals surface area contributed by atoms with E-state index >= 15 is 0 Å². The van der Waals surface area contributed by atoms with Gasteiger partial charge in [-0.05, 0) is 40.0 Å². The molecular weight excluding hydrogens is 150 g/mol. The molecule has 0 aromatic rings. The molecule has 0 amide bonds. The monoisotopic (exact) mass is 169 g/mol. The summed E-state index contributed by atoms with van der Waals surface area (Å²) in [7, 11) is 0. The van der Waals surface area contributed by atoms with Crippen LogP contribution in [0.25, 0.3) is 0 Å². The van der Waals surface area contributed by atoms with Crippen molar-refractivity contribution in [1.29, 1.82) is 0 Å². The molecular formula is C10H19NO. The zero-order valence-corrected chi connectivity index (χ0v) is 8.26. The zero-order chi connectivity index (χ0) is 9.19. The van der Waals surface area contributed by atoms with E-state index in [0.717, 1.165) is 25.5 Å². The van der Waals surface area contributed by atoms with E-state index in [2.05, 4.69) is 26.1 Å². The number of carbonyl (C=O) groups excluding carboxylic acids is 1. The third kappa shape index (κ3) is 2.94. The molecule has 1 N–H and O–H groups in total. The van der Waals surface area contributed by atoms with Crippen LogP contribution in [0.5, 0.6) is 0 Å². The summed E-state index contributed by atoms with van der Waals surface area (Å²) < 4.78 is 0. The Bertz CT molecular complexity index is 160. The summed E-state index contributed by atoms with van der Waals surface area (Å²) in [5.41, 5.74) is 0.183. The van der Waals surface area contributed by atoms with E-state index in [1.54, 1.807) is 0 Å². The van der Waals surface area contributed by atoms with E-state index in [0.29, 0.717) is 12.0 Å². The lowest BCUT2D eigenvalue weighted by Gasteiger charge is -2.25. The zero-order valence-electron chi connectivity index (χ0n) is 8.26. The molecule has 70 valence electrons. The van der Waals surface area contributed by atoms with E-state index in [9.17, 15) is 4.79 Å². The second-order valence-electron chi connectivity index (χ2n) is 4.80. The van der Waals surface area contributed by atoms with Gasteiger partial charge in [-0.2, -0.15) is 0 Å². The first-order valence-corrected chi connectivity index (χ1v) is 4.74. The van der Waals surface area contributed by atoms with Crippen molar-refractivity contribution in [1.82, 2.24) is 5.32 Å². The van der Waals surface area contributed by atoms with Gasteiger partial charge in [0.05, 0.1) is 0 Å². The van der Waals surface area contributed by atoms with Crippen molar-refractivity contribution in [2.24, 2.45) is 5.92 Å². The number of aldehydes is 1. The third-order valence-electron chi connectivity index (χ3n) is 2.30. The maximum atomic E-state index is 10.5. The van der Waals surface area contributed by atoms with Gasteiger partial charge in [0, 0.05) is 17.5 Å². The molecule has 0 aromatic heterocycles. The molecule has 0 spiro atoms. The van der Waals surface area contributed by atoms with E-state index in [4.69, 9.17) is 0 Å². The standard InChI is InChI=1S/C10H19NO/c1-10(2,3)11-9-5-4-8(6-9)7-12/h7-9,11H,4-6H2,1-3H3. The summed E-state index contributed by atoms with van der Waals surface area (Å²) in [6.45, 7) is 6.50. The highest BCUT2D eigenvalue weighted by Crippen LogP contribution is 2.25. The molecule has 0 saturated heterocycles. The first-order valence-electron chi connectivity index (χ1n) is 4.74. The highest BCUT2D eigenvalue weighted by molar-refractivity contribution is 5.54. The van der Waals surface area contributed by atoms with Crippen LogP contribution in [0.1, 0.15) is 40.0 Å². The van der Waals surface area contributed by atoms with Crippen LogP contribution in [-0.4, -0.2) is 17.9 Å². The van der Waals surface area contributed by atoms with Crippen molar-refractivity contribution < 1.29 is 4.79 Å². The van der Waals surface area contributed by atoms with Gasteiger partial charge in [-0.3, -0.25) is 0 Å². The maximum absolute atomic E-state index is 10.5. The molecule has 2 atom stereocenters. The van der Waals surface area contributed by atoms with Crippen molar-refractivity contribution >= 4 is 6.29 Å². The van der Waals surface area contributed by atoms with Gasteiger partial charge in [-0.1, -0.05) is 0 Å². The van der Waals surface area contributed by atoms with Crippen molar-refractivity contribution in [3.8, 4) is 0 Å². The highest BCUT2D eigenvalue weighted by Gasteiger charge is 2.26. The third-order valence-corrected chi connectivity index (χ3v) is 2.30. The summed E-state index contributed by atoms with van der Waals surface area (Å²) in [5, 5.41) is 3.52. The predicted molar refractivity (Wildman–Crippen MR) is 50.1 cm³/mol. The minimum Gasteiger partial charge on any atom is -0.309 e. The number of carbonyl (C=O) groups is 1. The molecule has 0 aliphatic heterocycles. The van der Waals surface area contributed by atoms with Crippen LogP contribution in [0.15, 0.2) is 0 Å². The maximum Gasteiger partial charge on any atom is 0.123 e. The summed E-state index contributed by atoms with van der Waals surface area (Å²) in [6, 6.07) is 0.556. The van der Waals surface area contributed by atoms with Crippen molar-refractivity contribution in [2.45, 2.75) is 51.6 Å². The van der Waals surface area contributed by atoms with Crippen molar-refractivity contribution in [3.05, 3.63) is 0 Å². The smallest absolute Gasteiger partial charge is 0.123 e. The van der Waals surface area contributed by atoms with Crippen LogP contribution in [0.2, 0.25) is 0 Å². The molecule has 2 heteroatoms. The van der Waals surface area contributed by atoms with Gasteiger partial charge in [0.15, 0.2) is 0 Å². The molecule has 2 nitrogen and oxygen atoms in total. The van der Waals surface area contributed by atoms with Gasteiger partial charge < -0.3 is 10.1 Å². The summed E-state index contributed by atoms with van der Waals surface area (Å²) in [4.78, 5) is 10.5. The Balaban J connectivity index is 2.33. The lowest BCUT2D eigenvalue weighted by molar-refractivity contribution is -0.110. The number of hydrogen-bond acceptors (Lipinski definition) is 2. The average molecular weight is 169 g/mol. The fourth-order valence-electron chi connectivity index (χ4n) is 1.88. The SMILES string of the molecule is CC(C)(C)NC1CCC(C=O)C1. The average Bonchev–Trinajstić information content (AvgIpc) is 2.32. The molecule has 1 rings (SSSR count). The van der Waals surface area contributed by atoms with Crippen LogP contribution >= 0.6 is 0 Å². The molecule has 12 heavy (non-hydrogen) atoms. The number of rotatable bonds is 2. The van der Waals surface area contributed by atoms with Crippen molar-refractivity contribution in [2.75, 3.05) is 0 Å². The predicted octanol–water partition coefficient (Wildman–Crippen LogP) is 1.74. The van der Waals surface area contributed by atoms with E-state index in [1.807, 2.05) is 0 Å². The van der Waals surface area contributed by atoms with Gasteiger partial charge in [0.25, 0.3) is 0 Å². The Hall–Kier alpha value is -0.370. The first kappa shape index (κ1) is 9.72. The largest absolute Gasteiger partial charge is 0.309 e. The Labute approximate surface area is 74.7 Å².